The van der Waals surface area contributed by atoms with Gasteiger partial charge in [0.25, 0.3) is 0 Å². The number of para-hydroxylation sites is 1. The summed E-state index contributed by atoms with van der Waals surface area (Å²) in [7, 11) is 0. The van der Waals surface area contributed by atoms with E-state index in [1.54, 1.807) is 0 Å². The van der Waals surface area contributed by atoms with E-state index in [2.05, 4.69) is 10.4 Å². The number of nitrogens with two attached hydrogens (primary N) is 1. The fraction of sp³-hybridized carbons (Fsp3) is 0.300. The third-order valence-electron chi connectivity index (χ3n) is 2.42. The fourth-order valence-corrected chi connectivity index (χ4v) is 1.67. The summed E-state index contributed by atoms with van der Waals surface area (Å²) in [6, 6.07) is 5.86. The van der Waals surface area contributed by atoms with Crippen LogP contribution in [0.15, 0.2) is 23.2 Å². The van der Waals surface area contributed by atoms with Crippen molar-refractivity contribution in [2.45, 2.75) is 19.4 Å². The van der Waals surface area contributed by atoms with Gasteiger partial charge in [-0.1, -0.05) is 18.2 Å². The van der Waals surface area contributed by atoms with E-state index in [-0.39, 0.29) is 6.61 Å². The number of aliphatic hydroxyl groups excluding tert-OH is 1. The maximum atomic E-state index is 9.13. The molecule has 0 atom stereocenters. The molecular formula is C10H13N3O. The van der Waals surface area contributed by atoms with Gasteiger partial charge in [-0.25, -0.2) is 10.8 Å². The maximum Gasteiger partial charge on any atom is 0.117 e. The summed E-state index contributed by atoms with van der Waals surface area (Å²) < 4.78 is 0. The number of nitrogens with zero attached hydrogens (tertiary/aromatic N) is 1. The summed E-state index contributed by atoms with van der Waals surface area (Å²) in [6.45, 7) is 0.0184. The highest BCUT2D eigenvalue weighted by molar-refractivity contribution is 5.87. The van der Waals surface area contributed by atoms with E-state index in [9.17, 15) is 0 Å². The van der Waals surface area contributed by atoms with E-state index in [0.717, 1.165) is 29.9 Å². The monoisotopic (exact) mass is 191 g/mol. The molecule has 0 unspecified atom stereocenters. The van der Waals surface area contributed by atoms with Crippen molar-refractivity contribution in [3.05, 3.63) is 29.3 Å². The van der Waals surface area contributed by atoms with Crippen LogP contribution < -0.4 is 11.3 Å². The van der Waals surface area contributed by atoms with Gasteiger partial charge in [-0.15, -0.1) is 0 Å². The molecule has 4 N–H and O–H groups in total. The topological polar surface area (TPSA) is 70.6 Å². The van der Waals surface area contributed by atoms with Gasteiger partial charge >= 0.3 is 0 Å². The Kier molecular flexibility index (Phi) is 2.47. The minimum absolute atomic E-state index is 0.0184. The molecule has 4 heteroatoms. The van der Waals surface area contributed by atoms with E-state index < -0.39 is 0 Å². The number of hydrogen-bond donors (Lipinski definition) is 3. The Balaban J connectivity index is 2.48. The number of rotatable bonds is 1. The highest BCUT2D eigenvalue weighted by atomic mass is 16.3. The molecule has 1 heterocycles. The van der Waals surface area contributed by atoms with Crippen molar-refractivity contribution < 1.29 is 5.11 Å². The number of nitrogens with one attached hydrogen (secondary N) is 1. The average molecular weight is 191 g/mol. The van der Waals surface area contributed by atoms with Gasteiger partial charge in [0.15, 0.2) is 0 Å². The molecule has 1 aromatic carbocycles. The van der Waals surface area contributed by atoms with Gasteiger partial charge in [-0.2, -0.15) is 0 Å². The summed E-state index contributed by atoms with van der Waals surface area (Å²) in [4.78, 5) is 4.36. The number of benzene rings is 1. The number of fused-ring (bicyclic) bond motifs is 1. The normalized spacial score (nSPS) is 14.6. The predicted octanol–water partition coefficient (Wildman–Crippen LogP) is 0.618. The molecule has 2 rings (SSSR count). The molecule has 0 aromatic heterocycles. The van der Waals surface area contributed by atoms with Gasteiger partial charge in [-0.05, 0) is 12.0 Å². The SMILES string of the molecule is NNC1=Nc2c(CO)cccc2CC1. The lowest BCUT2D eigenvalue weighted by Crippen LogP contribution is -2.31. The Morgan fingerprint density at radius 1 is 1.43 bits per heavy atom. The largest absolute Gasteiger partial charge is 0.392 e. The van der Waals surface area contributed by atoms with Crippen LogP contribution in [-0.2, 0) is 13.0 Å². The lowest BCUT2D eigenvalue weighted by Gasteiger charge is -2.16. The minimum atomic E-state index is 0.0184. The minimum Gasteiger partial charge on any atom is -0.392 e. The lowest BCUT2D eigenvalue weighted by molar-refractivity contribution is 0.282. The highest BCUT2D eigenvalue weighted by Crippen LogP contribution is 2.29. The summed E-state index contributed by atoms with van der Waals surface area (Å²) in [6.07, 6.45) is 1.75. The molecule has 1 aliphatic heterocycles. The molecule has 1 aliphatic rings. The van der Waals surface area contributed by atoms with Crippen LogP contribution in [0.5, 0.6) is 0 Å². The highest BCUT2D eigenvalue weighted by Gasteiger charge is 2.13. The number of aryl methyl sites for hydroxylation is 1. The van der Waals surface area contributed by atoms with E-state index in [0.29, 0.717) is 0 Å². The average Bonchev–Trinajstić information content (AvgIpc) is 2.27. The molecule has 0 saturated heterocycles. The van der Waals surface area contributed by atoms with Crippen molar-refractivity contribution in [2.75, 3.05) is 0 Å². The van der Waals surface area contributed by atoms with Crippen LogP contribution in [0.1, 0.15) is 17.5 Å². The summed E-state index contributed by atoms with van der Waals surface area (Å²) in [5.41, 5.74) is 5.47. The summed E-state index contributed by atoms with van der Waals surface area (Å²) in [5.74, 6) is 6.08. The molecule has 74 valence electrons. The van der Waals surface area contributed by atoms with Crippen molar-refractivity contribution in [1.82, 2.24) is 5.43 Å². The van der Waals surface area contributed by atoms with E-state index in [4.69, 9.17) is 10.9 Å². The Labute approximate surface area is 82.4 Å². The van der Waals surface area contributed by atoms with E-state index in [1.165, 1.54) is 5.56 Å². The van der Waals surface area contributed by atoms with Crippen LogP contribution in [0.25, 0.3) is 0 Å². The Morgan fingerprint density at radius 3 is 3.00 bits per heavy atom. The molecule has 4 nitrogen and oxygen atoms in total. The lowest BCUT2D eigenvalue weighted by atomic mass is 10.0. The van der Waals surface area contributed by atoms with Crippen molar-refractivity contribution in [3.8, 4) is 0 Å². The number of hydrogen-bond acceptors (Lipinski definition) is 4. The molecule has 0 bridgehead atoms. The third-order valence-corrected chi connectivity index (χ3v) is 2.42. The standard InChI is InChI=1S/C10H13N3O/c11-13-9-5-4-7-2-1-3-8(6-14)10(7)12-9/h1-3,14H,4-6,11H2,(H,12,13). The first-order valence-electron chi connectivity index (χ1n) is 4.61. The van der Waals surface area contributed by atoms with Crippen molar-refractivity contribution in [2.24, 2.45) is 10.8 Å². The van der Waals surface area contributed by atoms with E-state index >= 15 is 0 Å². The van der Waals surface area contributed by atoms with Gasteiger partial charge < -0.3 is 10.5 Å². The first-order chi connectivity index (χ1) is 6.85. The number of amidine groups is 1. The molecule has 0 saturated carbocycles. The first kappa shape index (κ1) is 9.18. The molecule has 0 spiro atoms. The van der Waals surface area contributed by atoms with Crippen molar-refractivity contribution >= 4 is 11.5 Å². The molecule has 0 fully saturated rings. The molecule has 0 amide bonds. The van der Waals surface area contributed by atoms with Crippen molar-refractivity contribution in [1.29, 1.82) is 0 Å². The Hall–Kier alpha value is -1.39. The first-order valence-corrected chi connectivity index (χ1v) is 4.61. The van der Waals surface area contributed by atoms with Gasteiger partial charge in [0.1, 0.15) is 5.84 Å². The van der Waals surface area contributed by atoms with Gasteiger partial charge in [0.05, 0.1) is 12.3 Å². The summed E-state index contributed by atoms with van der Waals surface area (Å²) in [5, 5.41) is 9.13. The smallest absolute Gasteiger partial charge is 0.117 e. The van der Waals surface area contributed by atoms with Crippen LogP contribution in [0.3, 0.4) is 0 Å². The zero-order valence-corrected chi connectivity index (χ0v) is 7.83. The maximum absolute atomic E-state index is 9.13. The quantitative estimate of drug-likeness (QED) is 0.450. The molecular weight excluding hydrogens is 178 g/mol. The molecule has 1 aromatic rings. The number of hydrazine groups is 1. The van der Waals surface area contributed by atoms with Gasteiger partial charge in [0.2, 0.25) is 0 Å². The molecule has 0 aliphatic carbocycles. The second-order valence-electron chi connectivity index (χ2n) is 3.29. The molecule has 14 heavy (non-hydrogen) atoms. The second kappa shape index (κ2) is 3.77. The van der Waals surface area contributed by atoms with E-state index in [1.807, 2.05) is 18.2 Å². The number of aliphatic imine (C=N–C) groups is 1. The van der Waals surface area contributed by atoms with Crippen LogP contribution >= 0.6 is 0 Å². The van der Waals surface area contributed by atoms with Crippen molar-refractivity contribution in [3.63, 3.8) is 0 Å². The Morgan fingerprint density at radius 2 is 2.29 bits per heavy atom. The van der Waals surface area contributed by atoms with Crippen LogP contribution in [-0.4, -0.2) is 10.9 Å². The fourth-order valence-electron chi connectivity index (χ4n) is 1.67. The molecule has 0 radical (unpaired) electrons. The second-order valence-corrected chi connectivity index (χ2v) is 3.29. The number of aliphatic hydroxyl groups is 1. The van der Waals surface area contributed by atoms with Crippen LogP contribution in [0.4, 0.5) is 5.69 Å². The third kappa shape index (κ3) is 1.49. The Bertz CT molecular complexity index is 374. The van der Waals surface area contributed by atoms with Gasteiger partial charge in [-0.3, -0.25) is 0 Å². The van der Waals surface area contributed by atoms with Crippen LogP contribution in [0.2, 0.25) is 0 Å². The van der Waals surface area contributed by atoms with Gasteiger partial charge in [0, 0.05) is 12.0 Å². The predicted molar refractivity (Wildman–Crippen MR) is 55.1 cm³/mol. The summed E-state index contributed by atoms with van der Waals surface area (Å²) >= 11 is 0. The zero-order chi connectivity index (χ0) is 9.97. The zero-order valence-electron chi connectivity index (χ0n) is 7.83. The van der Waals surface area contributed by atoms with Crippen LogP contribution in [0, 0.1) is 0 Å².